The number of carbonyl (C=O) groups excluding carboxylic acids is 2. The first-order chi connectivity index (χ1) is 9.75. The maximum Gasteiger partial charge on any atom is 0.236 e. The molecule has 2 aliphatic rings. The fourth-order valence-electron chi connectivity index (χ4n) is 2.60. The summed E-state index contributed by atoms with van der Waals surface area (Å²) in [4.78, 5) is 29.9. The van der Waals surface area contributed by atoms with E-state index in [1.165, 1.54) is 6.21 Å². The van der Waals surface area contributed by atoms with Gasteiger partial charge in [-0.15, -0.1) is 11.3 Å². The number of Topliss-reactive ketones (excluding diaryl/α,β-unsaturated/α-hetero) is 1. The Labute approximate surface area is 121 Å². The normalized spacial score (nSPS) is 25.0. The van der Waals surface area contributed by atoms with Crippen LogP contribution in [0.2, 0.25) is 0 Å². The van der Waals surface area contributed by atoms with E-state index in [2.05, 4.69) is 10.3 Å². The van der Waals surface area contributed by atoms with Crippen LogP contribution in [0.15, 0.2) is 34.2 Å². The second kappa shape index (κ2) is 5.71. The number of aliphatic imine (C=N–C) groups is 1. The van der Waals surface area contributed by atoms with Gasteiger partial charge in [-0.1, -0.05) is 12.1 Å². The van der Waals surface area contributed by atoms with Crippen molar-refractivity contribution in [3.63, 3.8) is 0 Å². The van der Waals surface area contributed by atoms with Crippen LogP contribution in [0.3, 0.4) is 0 Å². The second-order valence-electron chi connectivity index (χ2n) is 5.04. The first-order valence-electron chi connectivity index (χ1n) is 6.83. The SMILES string of the molecule is O=C(NCc1cccs1)C1C=NC2CCCC=C2C1=O. The summed E-state index contributed by atoms with van der Waals surface area (Å²) in [5.74, 6) is -1.08. The lowest BCUT2D eigenvalue weighted by Gasteiger charge is -2.26. The number of allylic oxidation sites excluding steroid dienone is 1. The van der Waals surface area contributed by atoms with E-state index >= 15 is 0 Å². The van der Waals surface area contributed by atoms with Gasteiger partial charge < -0.3 is 5.32 Å². The smallest absolute Gasteiger partial charge is 0.236 e. The van der Waals surface area contributed by atoms with Crippen molar-refractivity contribution in [1.29, 1.82) is 0 Å². The van der Waals surface area contributed by atoms with Crippen LogP contribution in [-0.4, -0.2) is 23.9 Å². The number of nitrogens with zero attached hydrogens (tertiary/aromatic N) is 1. The van der Waals surface area contributed by atoms with Crippen molar-refractivity contribution >= 4 is 29.2 Å². The summed E-state index contributed by atoms with van der Waals surface area (Å²) < 4.78 is 0. The van der Waals surface area contributed by atoms with Gasteiger partial charge in [0.2, 0.25) is 5.91 Å². The van der Waals surface area contributed by atoms with E-state index in [0.717, 1.165) is 29.7 Å². The molecular weight excluding hydrogens is 272 g/mol. The molecule has 4 nitrogen and oxygen atoms in total. The van der Waals surface area contributed by atoms with E-state index in [0.29, 0.717) is 6.54 Å². The molecule has 0 saturated heterocycles. The highest BCUT2D eigenvalue weighted by atomic mass is 32.1. The molecule has 5 heteroatoms. The van der Waals surface area contributed by atoms with E-state index < -0.39 is 5.92 Å². The standard InChI is InChI=1S/C15H16N2O2S/c18-14-11-5-1-2-6-13(11)16-9-12(14)15(19)17-8-10-4-3-7-20-10/h3-5,7,9,12-13H,1-2,6,8H2,(H,17,19). The molecule has 3 rings (SSSR count). The predicted octanol–water partition coefficient (Wildman–Crippen LogP) is 2.11. The monoisotopic (exact) mass is 288 g/mol. The van der Waals surface area contributed by atoms with E-state index in [9.17, 15) is 9.59 Å². The van der Waals surface area contributed by atoms with Crippen molar-refractivity contribution in [3.8, 4) is 0 Å². The summed E-state index contributed by atoms with van der Waals surface area (Å²) in [6.45, 7) is 0.469. The van der Waals surface area contributed by atoms with Crippen LogP contribution in [0.1, 0.15) is 24.1 Å². The van der Waals surface area contributed by atoms with Crippen LogP contribution in [-0.2, 0) is 16.1 Å². The fraction of sp³-hybridized carbons (Fsp3) is 0.400. The molecule has 0 spiro atoms. The number of rotatable bonds is 3. The first kappa shape index (κ1) is 13.2. The molecule has 1 aliphatic carbocycles. The van der Waals surface area contributed by atoms with Crippen LogP contribution in [0, 0.1) is 5.92 Å². The fourth-order valence-corrected chi connectivity index (χ4v) is 3.25. The highest BCUT2D eigenvalue weighted by molar-refractivity contribution is 7.09. The average molecular weight is 288 g/mol. The molecule has 2 atom stereocenters. The molecule has 0 radical (unpaired) electrons. The van der Waals surface area contributed by atoms with Gasteiger partial charge in [0.25, 0.3) is 0 Å². The third-order valence-corrected chi connectivity index (χ3v) is 4.56. The molecule has 0 bridgehead atoms. The van der Waals surface area contributed by atoms with Crippen molar-refractivity contribution in [1.82, 2.24) is 5.32 Å². The van der Waals surface area contributed by atoms with Gasteiger partial charge in [-0.25, -0.2) is 0 Å². The van der Waals surface area contributed by atoms with E-state index in [-0.39, 0.29) is 17.7 Å². The minimum Gasteiger partial charge on any atom is -0.350 e. The number of nitrogens with one attached hydrogen (secondary N) is 1. The summed E-state index contributed by atoms with van der Waals surface area (Å²) in [5, 5.41) is 4.78. The van der Waals surface area contributed by atoms with Crippen LogP contribution in [0.4, 0.5) is 0 Å². The Hall–Kier alpha value is -1.75. The Morgan fingerprint density at radius 3 is 3.20 bits per heavy atom. The Kier molecular flexibility index (Phi) is 3.78. The second-order valence-corrected chi connectivity index (χ2v) is 6.08. The molecule has 1 amide bonds. The van der Waals surface area contributed by atoms with Crippen molar-refractivity contribution in [3.05, 3.63) is 34.0 Å². The van der Waals surface area contributed by atoms with Crippen molar-refractivity contribution in [2.45, 2.75) is 31.8 Å². The summed E-state index contributed by atoms with van der Waals surface area (Å²) in [6, 6.07) is 3.88. The lowest BCUT2D eigenvalue weighted by molar-refractivity contribution is -0.129. The largest absolute Gasteiger partial charge is 0.350 e. The average Bonchev–Trinajstić information content (AvgIpc) is 2.99. The van der Waals surface area contributed by atoms with Crippen LogP contribution in [0.5, 0.6) is 0 Å². The number of carbonyl (C=O) groups is 2. The Morgan fingerprint density at radius 2 is 2.40 bits per heavy atom. The van der Waals surface area contributed by atoms with Crippen LogP contribution >= 0.6 is 11.3 Å². The maximum atomic E-state index is 12.3. The first-order valence-corrected chi connectivity index (χ1v) is 7.71. The molecule has 2 heterocycles. The van der Waals surface area contributed by atoms with E-state index in [1.807, 2.05) is 23.6 Å². The topological polar surface area (TPSA) is 58.5 Å². The summed E-state index contributed by atoms with van der Waals surface area (Å²) in [5.41, 5.74) is 0.732. The molecule has 1 aromatic rings. The van der Waals surface area contributed by atoms with Crippen molar-refractivity contribution in [2.24, 2.45) is 10.9 Å². The van der Waals surface area contributed by atoms with Gasteiger partial charge in [0, 0.05) is 16.7 Å². The van der Waals surface area contributed by atoms with Crippen molar-refractivity contribution in [2.75, 3.05) is 0 Å². The Morgan fingerprint density at radius 1 is 1.50 bits per heavy atom. The number of ketones is 1. The zero-order valence-corrected chi connectivity index (χ0v) is 11.9. The molecule has 0 fully saturated rings. The minimum atomic E-state index is -0.754. The summed E-state index contributed by atoms with van der Waals surface area (Å²) in [6.07, 6.45) is 6.37. The van der Waals surface area contributed by atoms with Crippen LogP contribution < -0.4 is 5.32 Å². The quantitative estimate of drug-likeness (QED) is 0.866. The minimum absolute atomic E-state index is 0.0161. The molecule has 104 valence electrons. The molecule has 1 aliphatic heterocycles. The maximum absolute atomic E-state index is 12.3. The molecule has 1 aromatic heterocycles. The predicted molar refractivity (Wildman–Crippen MR) is 78.9 cm³/mol. The van der Waals surface area contributed by atoms with Crippen molar-refractivity contribution < 1.29 is 9.59 Å². The molecule has 1 N–H and O–H groups in total. The van der Waals surface area contributed by atoms with Gasteiger partial charge in [-0.2, -0.15) is 0 Å². The molecule has 20 heavy (non-hydrogen) atoms. The number of thiophene rings is 1. The third-order valence-electron chi connectivity index (χ3n) is 3.69. The summed E-state index contributed by atoms with van der Waals surface area (Å²) >= 11 is 1.59. The number of hydrogen-bond donors (Lipinski definition) is 1. The molecular formula is C15H16N2O2S. The Bertz CT molecular complexity index is 575. The molecule has 2 unspecified atom stereocenters. The number of amides is 1. The molecule has 0 saturated carbocycles. The summed E-state index contributed by atoms with van der Waals surface area (Å²) in [7, 11) is 0. The highest BCUT2D eigenvalue weighted by Gasteiger charge is 2.35. The molecule has 0 aromatic carbocycles. The van der Waals surface area contributed by atoms with Gasteiger partial charge >= 0.3 is 0 Å². The van der Waals surface area contributed by atoms with Gasteiger partial charge in [-0.3, -0.25) is 14.6 Å². The van der Waals surface area contributed by atoms with E-state index in [1.54, 1.807) is 11.3 Å². The third kappa shape index (κ3) is 2.58. The van der Waals surface area contributed by atoms with Gasteiger partial charge in [0.15, 0.2) is 5.78 Å². The highest BCUT2D eigenvalue weighted by Crippen LogP contribution is 2.27. The number of fused-ring (bicyclic) bond motifs is 1. The zero-order valence-electron chi connectivity index (χ0n) is 11.0. The van der Waals surface area contributed by atoms with Crippen LogP contribution in [0.25, 0.3) is 0 Å². The Balaban J connectivity index is 1.67. The van der Waals surface area contributed by atoms with Gasteiger partial charge in [0.1, 0.15) is 5.92 Å². The van der Waals surface area contributed by atoms with E-state index in [4.69, 9.17) is 0 Å². The lowest BCUT2D eigenvalue weighted by atomic mass is 9.84. The lowest BCUT2D eigenvalue weighted by Crippen LogP contribution is -2.41. The van der Waals surface area contributed by atoms with Gasteiger partial charge in [-0.05, 0) is 30.7 Å². The van der Waals surface area contributed by atoms with Gasteiger partial charge in [0.05, 0.1) is 12.6 Å². The number of hydrogen-bond acceptors (Lipinski definition) is 4. The zero-order chi connectivity index (χ0) is 13.9.